The second-order valence-electron chi connectivity index (χ2n) is 2.81. The van der Waals surface area contributed by atoms with Crippen LogP contribution in [0.4, 0.5) is 0 Å². The van der Waals surface area contributed by atoms with Gasteiger partial charge in [-0.15, -0.1) is 0 Å². The molecule has 14 heavy (non-hydrogen) atoms. The predicted octanol–water partition coefficient (Wildman–Crippen LogP) is -0.571. The lowest BCUT2D eigenvalue weighted by Crippen LogP contribution is -2.35. The Bertz CT molecular complexity index is 273. The lowest BCUT2D eigenvalue weighted by atomic mass is 10.2. The highest BCUT2D eigenvalue weighted by molar-refractivity contribution is 5.75. The van der Waals surface area contributed by atoms with E-state index in [1.807, 2.05) is 0 Å². The van der Waals surface area contributed by atoms with Gasteiger partial charge in [0.05, 0.1) is 7.11 Å². The molecule has 1 aromatic heterocycles. The summed E-state index contributed by atoms with van der Waals surface area (Å²) in [6.07, 6.45) is 3.71. The van der Waals surface area contributed by atoms with Gasteiger partial charge >= 0.3 is 5.97 Å². The molecule has 6 heteroatoms. The molecule has 1 heterocycles. The standard InChI is InChI=1S/C8H14N4O2/c1-9-7(8(13)14-2)3-4-12-6-10-5-11-12/h5-7,9H,3-4H2,1-2H3. The Morgan fingerprint density at radius 3 is 3.00 bits per heavy atom. The molecular weight excluding hydrogens is 184 g/mol. The quantitative estimate of drug-likeness (QED) is 0.642. The SMILES string of the molecule is CNC(CCn1cncn1)C(=O)OC. The Morgan fingerprint density at radius 1 is 1.71 bits per heavy atom. The summed E-state index contributed by atoms with van der Waals surface area (Å²) in [5, 5.41) is 6.81. The van der Waals surface area contributed by atoms with Crippen molar-refractivity contribution in [2.45, 2.75) is 19.0 Å². The lowest BCUT2D eigenvalue weighted by molar-refractivity contribution is -0.143. The lowest BCUT2D eigenvalue weighted by Gasteiger charge is -2.12. The molecule has 1 N–H and O–H groups in total. The van der Waals surface area contributed by atoms with Gasteiger partial charge in [0.2, 0.25) is 0 Å². The average molecular weight is 198 g/mol. The van der Waals surface area contributed by atoms with Crippen molar-refractivity contribution in [1.29, 1.82) is 0 Å². The normalized spacial score (nSPS) is 12.4. The van der Waals surface area contributed by atoms with Gasteiger partial charge in [0.1, 0.15) is 18.7 Å². The summed E-state index contributed by atoms with van der Waals surface area (Å²) in [6.45, 7) is 0.639. The zero-order valence-electron chi connectivity index (χ0n) is 8.30. The summed E-state index contributed by atoms with van der Waals surface area (Å²) in [7, 11) is 3.10. The van der Waals surface area contributed by atoms with Crippen molar-refractivity contribution in [2.24, 2.45) is 0 Å². The fourth-order valence-corrected chi connectivity index (χ4v) is 1.13. The van der Waals surface area contributed by atoms with Crippen molar-refractivity contribution >= 4 is 5.97 Å². The van der Waals surface area contributed by atoms with E-state index in [9.17, 15) is 4.79 Å². The number of rotatable bonds is 5. The zero-order chi connectivity index (χ0) is 10.4. The molecule has 0 amide bonds. The first kappa shape index (κ1) is 10.6. The second kappa shape index (κ2) is 5.33. The molecule has 0 spiro atoms. The number of ether oxygens (including phenoxy) is 1. The summed E-state index contributed by atoms with van der Waals surface area (Å²) in [6, 6.07) is -0.288. The Hall–Kier alpha value is -1.43. The molecule has 78 valence electrons. The smallest absolute Gasteiger partial charge is 0.322 e. The van der Waals surface area contributed by atoms with E-state index in [-0.39, 0.29) is 12.0 Å². The molecule has 0 fully saturated rings. The molecule has 0 aliphatic carbocycles. The number of aromatic nitrogens is 3. The Kier molecular flexibility index (Phi) is 4.06. The summed E-state index contributed by atoms with van der Waals surface area (Å²) in [5.74, 6) is -0.257. The maximum Gasteiger partial charge on any atom is 0.322 e. The van der Waals surface area contributed by atoms with Crippen LogP contribution in [-0.4, -0.2) is 40.9 Å². The van der Waals surface area contributed by atoms with Crippen LogP contribution >= 0.6 is 0 Å². The predicted molar refractivity (Wildman–Crippen MR) is 49.5 cm³/mol. The number of hydrogen-bond acceptors (Lipinski definition) is 5. The first-order valence-electron chi connectivity index (χ1n) is 4.35. The molecule has 0 aliphatic rings. The van der Waals surface area contributed by atoms with Crippen molar-refractivity contribution < 1.29 is 9.53 Å². The van der Waals surface area contributed by atoms with Gasteiger partial charge in [-0.05, 0) is 13.5 Å². The average Bonchev–Trinajstić information content (AvgIpc) is 2.71. The summed E-state index contributed by atoms with van der Waals surface area (Å²) in [4.78, 5) is 15.0. The number of nitrogens with zero attached hydrogens (tertiary/aromatic N) is 3. The van der Waals surface area contributed by atoms with Crippen LogP contribution in [0, 0.1) is 0 Å². The van der Waals surface area contributed by atoms with Crippen LogP contribution in [0.3, 0.4) is 0 Å². The van der Waals surface area contributed by atoms with E-state index in [2.05, 4.69) is 20.1 Å². The third-order valence-corrected chi connectivity index (χ3v) is 1.95. The van der Waals surface area contributed by atoms with Gasteiger partial charge in [-0.1, -0.05) is 0 Å². The minimum absolute atomic E-state index is 0.257. The van der Waals surface area contributed by atoms with Crippen LogP contribution in [0.25, 0.3) is 0 Å². The molecule has 6 nitrogen and oxygen atoms in total. The summed E-state index contributed by atoms with van der Waals surface area (Å²) in [5.41, 5.74) is 0. The zero-order valence-corrected chi connectivity index (χ0v) is 8.30. The highest BCUT2D eigenvalue weighted by Gasteiger charge is 2.16. The van der Waals surface area contributed by atoms with E-state index < -0.39 is 0 Å². The van der Waals surface area contributed by atoms with Crippen LogP contribution < -0.4 is 5.32 Å². The van der Waals surface area contributed by atoms with E-state index in [0.29, 0.717) is 13.0 Å². The van der Waals surface area contributed by atoms with Gasteiger partial charge in [0, 0.05) is 6.54 Å². The minimum Gasteiger partial charge on any atom is -0.468 e. The second-order valence-corrected chi connectivity index (χ2v) is 2.81. The van der Waals surface area contributed by atoms with E-state index in [0.717, 1.165) is 0 Å². The maximum atomic E-state index is 11.2. The van der Waals surface area contributed by atoms with Crippen LogP contribution in [-0.2, 0) is 16.1 Å². The molecule has 0 radical (unpaired) electrons. The number of hydrogen-bond donors (Lipinski definition) is 1. The van der Waals surface area contributed by atoms with Crippen molar-refractivity contribution in [1.82, 2.24) is 20.1 Å². The third-order valence-electron chi connectivity index (χ3n) is 1.95. The highest BCUT2D eigenvalue weighted by atomic mass is 16.5. The molecule has 0 saturated heterocycles. The molecule has 1 atom stereocenters. The Balaban J connectivity index is 2.38. The van der Waals surface area contributed by atoms with E-state index in [1.54, 1.807) is 18.1 Å². The van der Waals surface area contributed by atoms with Gasteiger partial charge < -0.3 is 10.1 Å². The number of aryl methyl sites for hydroxylation is 1. The molecule has 1 aromatic rings. The first-order valence-corrected chi connectivity index (χ1v) is 4.35. The maximum absolute atomic E-state index is 11.2. The molecule has 1 unspecified atom stereocenters. The summed E-state index contributed by atoms with van der Waals surface area (Å²) >= 11 is 0. The highest BCUT2D eigenvalue weighted by Crippen LogP contribution is 1.96. The number of carbonyl (C=O) groups excluding carboxylic acids is 1. The van der Waals surface area contributed by atoms with Crippen LogP contribution in [0.15, 0.2) is 12.7 Å². The molecule has 0 saturated carbocycles. The largest absolute Gasteiger partial charge is 0.468 e. The number of likely N-dealkylation sites (N-methyl/N-ethyl adjacent to an activating group) is 1. The fourth-order valence-electron chi connectivity index (χ4n) is 1.13. The van der Waals surface area contributed by atoms with E-state index >= 15 is 0 Å². The fraction of sp³-hybridized carbons (Fsp3) is 0.625. The first-order chi connectivity index (χ1) is 6.77. The monoisotopic (exact) mass is 198 g/mol. The molecular formula is C8H14N4O2. The van der Waals surface area contributed by atoms with Gasteiger partial charge in [-0.3, -0.25) is 9.48 Å². The Labute approximate surface area is 82.3 Å². The van der Waals surface area contributed by atoms with Crippen LogP contribution in [0.2, 0.25) is 0 Å². The van der Waals surface area contributed by atoms with Gasteiger partial charge in [-0.2, -0.15) is 5.10 Å². The van der Waals surface area contributed by atoms with Gasteiger partial charge in [0.15, 0.2) is 0 Å². The van der Waals surface area contributed by atoms with E-state index in [1.165, 1.54) is 13.4 Å². The van der Waals surface area contributed by atoms with Crippen molar-refractivity contribution in [2.75, 3.05) is 14.2 Å². The molecule has 0 aliphatic heterocycles. The number of methoxy groups -OCH3 is 1. The molecule has 1 rings (SSSR count). The third kappa shape index (κ3) is 2.81. The van der Waals surface area contributed by atoms with Crippen molar-refractivity contribution in [3.63, 3.8) is 0 Å². The Morgan fingerprint density at radius 2 is 2.50 bits per heavy atom. The topological polar surface area (TPSA) is 69.0 Å². The number of nitrogens with one attached hydrogen (secondary N) is 1. The number of carbonyl (C=O) groups is 1. The van der Waals surface area contributed by atoms with Crippen LogP contribution in [0.5, 0.6) is 0 Å². The number of esters is 1. The van der Waals surface area contributed by atoms with Crippen molar-refractivity contribution in [3.8, 4) is 0 Å². The van der Waals surface area contributed by atoms with Gasteiger partial charge in [-0.25, -0.2) is 4.98 Å². The molecule has 0 bridgehead atoms. The van der Waals surface area contributed by atoms with E-state index in [4.69, 9.17) is 0 Å². The van der Waals surface area contributed by atoms with Crippen LogP contribution in [0.1, 0.15) is 6.42 Å². The minimum atomic E-state index is -0.288. The molecule has 0 aromatic carbocycles. The van der Waals surface area contributed by atoms with Gasteiger partial charge in [0.25, 0.3) is 0 Å². The van der Waals surface area contributed by atoms with Crippen molar-refractivity contribution in [3.05, 3.63) is 12.7 Å². The summed E-state index contributed by atoms with van der Waals surface area (Å²) < 4.78 is 6.30.